The molecule has 5 rings (SSSR count). The highest BCUT2D eigenvalue weighted by Gasteiger charge is 2.46. The van der Waals surface area contributed by atoms with Crippen LogP contribution in [0.25, 0.3) is 0 Å². The van der Waals surface area contributed by atoms with Gasteiger partial charge in [-0.2, -0.15) is 0 Å². The van der Waals surface area contributed by atoms with Crippen LogP contribution in [-0.2, 0) is 12.0 Å². The van der Waals surface area contributed by atoms with E-state index in [1.807, 2.05) is 29.2 Å². The number of nitrogens with zero attached hydrogens (tertiary/aromatic N) is 2. The molecule has 1 fully saturated rings. The van der Waals surface area contributed by atoms with Gasteiger partial charge in [0.25, 0.3) is 5.91 Å². The number of halogens is 1. The predicted octanol–water partition coefficient (Wildman–Crippen LogP) is 5.85. The van der Waals surface area contributed by atoms with Gasteiger partial charge >= 0.3 is 0 Å². The van der Waals surface area contributed by atoms with Crippen molar-refractivity contribution in [3.05, 3.63) is 94.0 Å². The van der Waals surface area contributed by atoms with Gasteiger partial charge in [-0.05, 0) is 80.4 Å². The number of hydrogen-bond donors (Lipinski definition) is 0. The van der Waals surface area contributed by atoms with Gasteiger partial charge in [0.1, 0.15) is 5.75 Å². The summed E-state index contributed by atoms with van der Waals surface area (Å²) in [7, 11) is 1.70. The van der Waals surface area contributed by atoms with E-state index in [1.165, 1.54) is 16.7 Å². The van der Waals surface area contributed by atoms with E-state index in [-0.39, 0.29) is 11.3 Å². The molecule has 5 heteroatoms. The van der Waals surface area contributed by atoms with E-state index in [0.717, 1.165) is 43.9 Å². The maximum absolute atomic E-state index is 13.5. The van der Waals surface area contributed by atoms with Crippen molar-refractivity contribution >= 4 is 23.2 Å². The molecule has 0 atom stereocenters. The van der Waals surface area contributed by atoms with Crippen molar-refractivity contribution < 1.29 is 9.53 Å². The minimum absolute atomic E-state index is 0.00276. The maximum Gasteiger partial charge on any atom is 0.258 e. The smallest absolute Gasteiger partial charge is 0.258 e. The van der Waals surface area contributed by atoms with E-state index in [1.54, 1.807) is 19.2 Å². The van der Waals surface area contributed by atoms with Crippen LogP contribution in [0.1, 0.15) is 39.9 Å². The summed E-state index contributed by atoms with van der Waals surface area (Å²) in [4.78, 5) is 18.0. The molecule has 2 aliphatic rings. The molecule has 2 aliphatic heterocycles. The Hall–Kier alpha value is -2.82. The lowest BCUT2D eigenvalue weighted by atomic mass is 9.74. The van der Waals surface area contributed by atoms with Gasteiger partial charge in [0.05, 0.1) is 7.11 Å². The Morgan fingerprint density at radius 1 is 1.03 bits per heavy atom. The fourth-order valence-electron chi connectivity index (χ4n) is 5.37. The number of methoxy groups -OCH3 is 1. The molecule has 0 saturated carbocycles. The summed E-state index contributed by atoms with van der Waals surface area (Å²) in [5.74, 6) is 0.843. The molecular formula is C28H29ClN2O2. The number of carbonyl (C=O) groups is 1. The maximum atomic E-state index is 13.5. The van der Waals surface area contributed by atoms with Crippen LogP contribution in [-0.4, -0.2) is 37.6 Å². The van der Waals surface area contributed by atoms with Crippen molar-refractivity contribution in [3.63, 3.8) is 0 Å². The van der Waals surface area contributed by atoms with E-state index in [0.29, 0.717) is 17.1 Å². The number of piperidine rings is 1. The van der Waals surface area contributed by atoms with Crippen LogP contribution in [0.5, 0.6) is 5.75 Å². The Balaban J connectivity index is 1.41. The fourth-order valence-corrected chi connectivity index (χ4v) is 5.56. The van der Waals surface area contributed by atoms with Gasteiger partial charge in [-0.15, -0.1) is 0 Å². The number of fused-ring (bicyclic) bond motifs is 2. The number of likely N-dealkylation sites (tertiary alicyclic amines) is 1. The van der Waals surface area contributed by atoms with Crippen LogP contribution < -0.4 is 9.64 Å². The monoisotopic (exact) mass is 460 g/mol. The Bertz CT molecular complexity index is 1180. The topological polar surface area (TPSA) is 32.8 Å². The lowest BCUT2D eigenvalue weighted by molar-refractivity contribution is 0.0975. The Morgan fingerprint density at radius 3 is 2.55 bits per heavy atom. The van der Waals surface area contributed by atoms with Crippen molar-refractivity contribution in [3.8, 4) is 5.75 Å². The first kappa shape index (κ1) is 22.0. The number of rotatable bonds is 4. The number of anilines is 1. The van der Waals surface area contributed by atoms with E-state index < -0.39 is 0 Å². The van der Waals surface area contributed by atoms with Gasteiger partial charge in [-0.25, -0.2) is 0 Å². The average molecular weight is 461 g/mol. The van der Waals surface area contributed by atoms with E-state index in [2.05, 4.69) is 42.2 Å². The molecule has 0 aromatic heterocycles. The summed E-state index contributed by atoms with van der Waals surface area (Å²) in [6.45, 7) is 5.81. The normalized spacial score (nSPS) is 17.2. The van der Waals surface area contributed by atoms with Gasteiger partial charge in [0, 0.05) is 34.8 Å². The first-order valence-electron chi connectivity index (χ1n) is 11.5. The molecule has 3 aromatic rings. The Kier molecular flexibility index (Phi) is 5.90. The van der Waals surface area contributed by atoms with E-state index >= 15 is 0 Å². The summed E-state index contributed by atoms with van der Waals surface area (Å²) in [5.41, 5.74) is 5.45. The van der Waals surface area contributed by atoms with E-state index in [4.69, 9.17) is 16.3 Å². The van der Waals surface area contributed by atoms with Crippen molar-refractivity contribution in [2.24, 2.45) is 0 Å². The second-order valence-corrected chi connectivity index (χ2v) is 9.77. The summed E-state index contributed by atoms with van der Waals surface area (Å²) < 4.78 is 5.55. The van der Waals surface area contributed by atoms with Gasteiger partial charge in [-0.1, -0.05) is 47.5 Å². The molecule has 0 unspecified atom stereocenters. The van der Waals surface area contributed by atoms with Crippen LogP contribution in [0.15, 0.2) is 66.7 Å². The summed E-state index contributed by atoms with van der Waals surface area (Å²) in [6, 6.07) is 22.1. The quantitative estimate of drug-likeness (QED) is 0.489. The van der Waals surface area contributed by atoms with Crippen LogP contribution in [0.2, 0.25) is 5.02 Å². The Morgan fingerprint density at radius 2 is 1.82 bits per heavy atom. The number of ether oxygens (including phenoxy) is 1. The molecule has 33 heavy (non-hydrogen) atoms. The largest absolute Gasteiger partial charge is 0.497 e. The highest BCUT2D eigenvalue weighted by atomic mass is 35.5. The molecule has 4 nitrogen and oxygen atoms in total. The van der Waals surface area contributed by atoms with Crippen LogP contribution >= 0.6 is 11.6 Å². The number of benzene rings is 3. The number of aryl methyl sites for hydroxylation is 1. The second kappa shape index (κ2) is 8.85. The highest BCUT2D eigenvalue weighted by molar-refractivity contribution is 6.31. The average Bonchev–Trinajstić information content (AvgIpc) is 3.13. The molecular weight excluding hydrogens is 432 g/mol. The first-order chi connectivity index (χ1) is 16.0. The molecule has 0 N–H and O–H groups in total. The molecule has 1 spiro atoms. The van der Waals surface area contributed by atoms with Gasteiger partial charge in [-0.3, -0.25) is 9.69 Å². The van der Waals surface area contributed by atoms with Crippen LogP contribution in [0.4, 0.5) is 5.69 Å². The summed E-state index contributed by atoms with van der Waals surface area (Å²) in [6.07, 6.45) is 2.02. The lowest BCUT2D eigenvalue weighted by Crippen LogP contribution is -2.45. The third kappa shape index (κ3) is 4.25. The second-order valence-electron chi connectivity index (χ2n) is 9.33. The fraction of sp³-hybridized carbons (Fsp3) is 0.321. The molecule has 1 amide bonds. The van der Waals surface area contributed by atoms with Gasteiger partial charge < -0.3 is 9.64 Å². The Labute approximate surface area is 200 Å². The SMILES string of the molecule is COc1ccc2c(c1)C1(CCN(Cc3cccc(C)c3)CC1)CN2C(=O)c1cccc(Cl)c1. The third-order valence-corrected chi connectivity index (χ3v) is 7.38. The molecule has 3 aromatic carbocycles. The number of carbonyl (C=O) groups excluding carboxylic acids is 1. The third-order valence-electron chi connectivity index (χ3n) is 7.15. The highest BCUT2D eigenvalue weighted by Crippen LogP contribution is 2.48. The van der Waals surface area contributed by atoms with Crippen molar-refractivity contribution in [1.29, 1.82) is 0 Å². The number of amides is 1. The lowest BCUT2D eigenvalue weighted by Gasteiger charge is -2.40. The molecule has 170 valence electrons. The molecule has 0 bridgehead atoms. The first-order valence-corrected chi connectivity index (χ1v) is 11.9. The molecule has 0 radical (unpaired) electrons. The van der Waals surface area contributed by atoms with Crippen LogP contribution in [0.3, 0.4) is 0 Å². The minimum Gasteiger partial charge on any atom is -0.497 e. The zero-order valence-electron chi connectivity index (χ0n) is 19.2. The van der Waals surface area contributed by atoms with E-state index in [9.17, 15) is 4.79 Å². The van der Waals surface area contributed by atoms with Gasteiger partial charge in [0.15, 0.2) is 0 Å². The zero-order valence-corrected chi connectivity index (χ0v) is 19.9. The van der Waals surface area contributed by atoms with Crippen molar-refractivity contribution in [2.45, 2.75) is 31.7 Å². The van der Waals surface area contributed by atoms with Crippen molar-refractivity contribution in [2.75, 3.05) is 31.6 Å². The molecule has 1 saturated heterocycles. The predicted molar refractivity (Wildman–Crippen MR) is 133 cm³/mol. The zero-order chi connectivity index (χ0) is 23.0. The summed E-state index contributed by atoms with van der Waals surface area (Å²) >= 11 is 6.18. The van der Waals surface area contributed by atoms with Crippen molar-refractivity contribution in [1.82, 2.24) is 4.90 Å². The van der Waals surface area contributed by atoms with Gasteiger partial charge in [0.2, 0.25) is 0 Å². The molecule has 0 aliphatic carbocycles. The van der Waals surface area contributed by atoms with Crippen LogP contribution in [0, 0.1) is 6.92 Å². The molecule has 2 heterocycles. The number of hydrogen-bond acceptors (Lipinski definition) is 3. The minimum atomic E-state index is -0.0544. The standard InChI is InChI=1S/C28H29ClN2O2/c1-20-5-3-6-21(15-20)18-30-13-11-28(12-14-30)19-31(26-10-9-24(33-2)17-25(26)28)27(32)22-7-4-8-23(29)16-22/h3-10,15-17H,11-14,18-19H2,1-2H3. The summed E-state index contributed by atoms with van der Waals surface area (Å²) in [5, 5.41) is 0.578.